The van der Waals surface area contributed by atoms with Gasteiger partial charge in [0.15, 0.2) is 0 Å². The van der Waals surface area contributed by atoms with Crippen molar-refractivity contribution in [3.8, 4) is 11.5 Å². The Labute approximate surface area is 149 Å². The lowest BCUT2D eigenvalue weighted by atomic mass is 9.88. The zero-order valence-electron chi connectivity index (χ0n) is 15.3. The highest BCUT2D eigenvalue weighted by atomic mass is 16.5. The van der Waals surface area contributed by atoms with Crippen LogP contribution in [0.5, 0.6) is 11.5 Å². The maximum Gasteiger partial charge on any atom is 0.251 e. The van der Waals surface area contributed by atoms with E-state index in [-0.39, 0.29) is 17.6 Å². The van der Waals surface area contributed by atoms with E-state index in [1.54, 1.807) is 12.1 Å². The van der Waals surface area contributed by atoms with Gasteiger partial charge in [-0.15, -0.1) is 0 Å². The fourth-order valence-corrected chi connectivity index (χ4v) is 3.21. The molecule has 1 N–H and O–H groups in total. The van der Waals surface area contributed by atoms with Crippen LogP contribution in [0.1, 0.15) is 54.7 Å². The van der Waals surface area contributed by atoms with Gasteiger partial charge in [0.1, 0.15) is 17.1 Å². The maximum atomic E-state index is 12.7. The third-order valence-electron chi connectivity index (χ3n) is 4.36. The van der Waals surface area contributed by atoms with Crippen LogP contribution in [0.4, 0.5) is 0 Å². The fourth-order valence-electron chi connectivity index (χ4n) is 3.21. The zero-order chi connectivity index (χ0) is 18.0. The summed E-state index contributed by atoms with van der Waals surface area (Å²) in [6.45, 7) is 8.69. The van der Waals surface area contributed by atoms with Crippen LogP contribution in [0.25, 0.3) is 0 Å². The van der Waals surface area contributed by atoms with Crippen LogP contribution in [0.2, 0.25) is 0 Å². The molecule has 1 amide bonds. The minimum Gasteiger partial charge on any atom is -0.494 e. The van der Waals surface area contributed by atoms with E-state index in [0.717, 1.165) is 29.0 Å². The minimum atomic E-state index is -0.320. The second kappa shape index (κ2) is 6.79. The Kier molecular flexibility index (Phi) is 4.71. The molecule has 0 aromatic heterocycles. The first-order chi connectivity index (χ1) is 11.9. The van der Waals surface area contributed by atoms with Crippen LogP contribution >= 0.6 is 0 Å². The van der Waals surface area contributed by atoms with E-state index in [1.165, 1.54) is 0 Å². The summed E-state index contributed by atoms with van der Waals surface area (Å²) in [7, 11) is 0. The molecule has 0 aliphatic carbocycles. The fraction of sp³-hybridized carbons (Fsp3) is 0.381. The van der Waals surface area contributed by atoms with Gasteiger partial charge in [-0.3, -0.25) is 4.79 Å². The smallest absolute Gasteiger partial charge is 0.251 e. The van der Waals surface area contributed by atoms with Crippen molar-refractivity contribution in [3.05, 3.63) is 59.2 Å². The van der Waals surface area contributed by atoms with Gasteiger partial charge in [0.25, 0.3) is 5.91 Å². The predicted octanol–water partition coefficient (Wildman–Crippen LogP) is 4.43. The second-order valence-electron chi connectivity index (χ2n) is 7.09. The number of carbonyl (C=O) groups is 1. The summed E-state index contributed by atoms with van der Waals surface area (Å²) in [5.74, 6) is 1.53. The van der Waals surface area contributed by atoms with Gasteiger partial charge in [0.2, 0.25) is 0 Å². The molecule has 1 aliphatic rings. The molecule has 0 bridgehead atoms. The summed E-state index contributed by atoms with van der Waals surface area (Å²) in [6.07, 6.45) is 0.728. The predicted molar refractivity (Wildman–Crippen MR) is 98.3 cm³/mol. The van der Waals surface area contributed by atoms with Gasteiger partial charge in [-0.2, -0.15) is 0 Å². The molecule has 132 valence electrons. The van der Waals surface area contributed by atoms with E-state index in [4.69, 9.17) is 9.47 Å². The molecule has 0 saturated heterocycles. The van der Waals surface area contributed by atoms with Crippen molar-refractivity contribution < 1.29 is 14.3 Å². The minimum absolute atomic E-state index is 0.0716. The Balaban J connectivity index is 1.82. The Bertz CT molecular complexity index is 765. The normalized spacial score (nSPS) is 18.0. The van der Waals surface area contributed by atoms with Crippen molar-refractivity contribution in [1.29, 1.82) is 0 Å². The molecule has 0 unspecified atom stereocenters. The Morgan fingerprint density at radius 2 is 1.96 bits per heavy atom. The van der Waals surface area contributed by atoms with Crippen LogP contribution in [-0.4, -0.2) is 18.1 Å². The molecule has 1 aliphatic heterocycles. The highest BCUT2D eigenvalue weighted by Gasteiger charge is 2.34. The van der Waals surface area contributed by atoms with Crippen molar-refractivity contribution >= 4 is 5.91 Å². The number of nitrogens with one attached hydrogen (secondary N) is 1. The first-order valence-electron chi connectivity index (χ1n) is 8.71. The van der Waals surface area contributed by atoms with Crippen LogP contribution in [0.15, 0.2) is 42.5 Å². The molecular weight excluding hydrogens is 314 g/mol. The van der Waals surface area contributed by atoms with Gasteiger partial charge in [-0.1, -0.05) is 17.7 Å². The molecule has 4 heteroatoms. The van der Waals surface area contributed by atoms with Crippen LogP contribution in [-0.2, 0) is 0 Å². The number of hydrogen-bond donors (Lipinski definition) is 1. The summed E-state index contributed by atoms with van der Waals surface area (Å²) < 4.78 is 11.5. The summed E-state index contributed by atoms with van der Waals surface area (Å²) in [6, 6.07) is 13.3. The molecule has 2 aromatic carbocycles. The van der Waals surface area contributed by atoms with E-state index in [0.29, 0.717) is 12.2 Å². The molecule has 0 spiro atoms. The molecule has 3 rings (SSSR count). The lowest BCUT2D eigenvalue weighted by molar-refractivity contribution is 0.0619. The Hall–Kier alpha value is -2.49. The maximum absolute atomic E-state index is 12.7. The van der Waals surface area contributed by atoms with Gasteiger partial charge in [-0.05, 0) is 58.0 Å². The highest BCUT2D eigenvalue weighted by molar-refractivity contribution is 5.94. The van der Waals surface area contributed by atoms with Gasteiger partial charge >= 0.3 is 0 Å². The van der Waals surface area contributed by atoms with Crippen molar-refractivity contribution in [2.75, 3.05) is 6.61 Å². The van der Waals surface area contributed by atoms with Crippen LogP contribution < -0.4 is 14.8 Å². The van der Waals surface area contributed by atoms with Crippen LogP contribution in [0, 0.1) is 6.92 Å². The average molecular weight is 339 g/mol. The number of carbonyl (C=O) groups excluding carboxylic acids is 1. The van der Waals surface area contributed by atoms with E-state index in [1.807, 2.05) is 52.0 Å². The quantitative estimate of drug-likeness (QED) is 0.896. The van der Waals surface area contributed by atoms with Crippen molar-refractivity contribution in [2.45, 2.75) is 45.8 Å². The van der Waals surface area contributed by atoms with Crippen molar-refractivity contribution in [1.82, 2.24) is 5.32 Å². The Morgan fingerprint density at radius 3 is 2.64 bits per heavy atom. The number of aryl methyl sites for hydroxylation is 1. The topological polar surface area (TPSA) is 47.6 Å². The molecule has 4 nitrogen and oxygen atoms in total. The molecular formula is C21H25NO3. The SMILES string of the molecule is CCOc1ccc(C(=O)N[C@H]2CC(C)(C)Oc3ccc(C)cc32)cc1. The monoisotopic (exact) mass is 339 g/mol. The van der Waals surface area contributed by atoms with Gasteiger partial charge in [-0.25, -0.2) is 0 Å². The summed E-state index contributed by atoms with van der Waals surface area (Å²) in [5.41, 5.74) is 2.50. The lowest BCUT2D eigenvalue weighted by Crippen LogP contribution is -2.41. The molecule has 25 heavy (non-hydrogen) atoms. The number of benzene rings is 2. The standard InChI is InChI=1S/C21H25NO3/c1-5-24-16-9-7-15(8-10-16)20(23)22-18-13-21(3,4)25-19-11-6-14(2)12-17(18)19/h6-12,18H,5,13H2,1-4H3,(H,22,23)/t18-/m0/s1. The number of amides is 1. The largest absolute Gasteiger partial charge is 0.494 e. The molecule has 2 aromatic rings. The van der Waals surface area contributed by atoms with E-state index in [2.05, 4.69) is 11.4 Å². The summed E-state index contributed by atoms with van der Waals surface area (Å²) >= 11 is 0. The first-order valence-corrected chi connectivity index (χ1v) is 8.71. The number of fused-ring (bicyclic) bond motifs is 1. The van der Waals surface area contributed by atoms with E-state index in [9.17, 15) is 4.79 Å². The molecule has 0 saturated carbocycles. The lowest BCUT2D eigenvalue weighted by Gasteiger charge is -2.38. The summed E-state index contributed by atoms with van der Waals surface area (Å²) in [4.78, 5) is 12.7. The first kappa shape index (κ1) is 17.3. The number of hydrogen-bond acceptors (Lipinski definition) is 3. The molecule has 1 heterocycles. The average Bonchev–Trinajstić information content (AvgIpc) is 2.56. The number of ether oxygens (including phenoxy) is 2. The van der Waals surface area contributed by atoms with Crippen molar-refractivity contribution in [2.24, 2.45) is 0 Å². The highest BCUT2D eigenvalue weighted by Crippen LogP contribution is 2.40. The molecule has 0 radical (unpaired) electrons. The second-order valence-corrected chi connectivity index (χ2v) is 7.09. The van der Waals surface area contributed by atoms with Crippen molar-refractivity contribution in [3.63, 3.8) is 0 Å². The van der Waals surface area contributed by atoms with Gasteiger partial charge < -0.3 is 14.8 Å². The van der Waals surface area contributed by atoms with Crippen LogP contribution in [0.3, 0.4) is 0 Å². The molecule has 0 fully saturated rings. The van der Waals surface area contributed by atoms with Gasteiger partial charge in [0, 0.05) is 17.5 Å². The number of rotatable bonds is 4. The third-order valence-corrected chi connectivity index (χ3v) is 4.36. The van der Waals surface area contributed by atoms with Gasteiger partial charge in [0.05, 0.1) is 12.6 Å². The van der Waals surface area contributed by atoms with E-state index < -0.39 is 0 Å². The Morgan fingerprint density at radius 1 is 1.24 bits per heavy atom. The summed E-state index contributed by atoms with van der Waals surface area (Å²) in [5, 5.41) is 3.17. The van der Waals surface area contributed by atoms with E-state index >= 15 is 0 Å². The zero-order valence-corrected chi connectivity index (χ0v) is 15.3. The third kappa shape index (κ3) is 3.95. The molecule has 1 atom stereocenters.